The van der Waals surface area contributed by atoms with Crippen molar-refractivity contribution in [2.45, 2.75) is 18.9 Å². The van der Waals surface area contributed by atoms with Crippen LogP contribution in [0.25, 0.3) is 0 Å². The fraction of sp³-hybridized carbons (Fsp3) is 0.320. The van der Waals surface area contributed by atoms with Crippen LogP contribution in [0.4, 0.5) is 0 Å². The molecule has 1 aliphatic rings. The van der Waals surface area contributed by atoms with Crippen LogP contribution in [-0.2, 0) is 4.79 Å². The zero-order valence-corrected chi connectivity index (χ0v) is 18.3. The van der Waals surface area contributed by atoms with Gasteiger partial charge in [0.05, 0.1) is 7.11 Å². The fourth-order valence-electron chi connectivity index (χ4n) is 3.85. The Kier molecular flexibility index (Phi) is 8.02. The molecular weight excluding hydrogens is 406 g/mol. The molecule has 0 aromatic heterocycles. The first-order valence-corrected chi connectivity index (χ1v) is 10.7. The van der Waals surface area contributed by atoms with Gasteiger partial charge in [-0.05, 0) is 55.2 Å². The van der Waals surface area contributed by atoms with E-state index in [0.29, 0.717) is 49.4 Å². The second-order valence-electron chi connectivity index (χ2n) is 7.71. The summed E-state index contributed by atoms with van der Waals surface area (Å²) in [6.45, 7) is 4.98. The van der Waals surface area contributed by atoms with Crippen molar-refractivity contribution in [3.8, 4) is 5.75 Å². The molecule has 1 saturated heterocycles. The summed E-state index contributed by atoms with van der Waals surface area (Å²) in [5, 5.41) is 5.69. The first kappa shape index (κ1) is 23.1. The zero-order chi connectivity index (χ0) is 22.9. The molecular formula is C25H29N3O4. The lowest BCUT2D eigenvalue weighted by Crippen LogP contribution is -2.53. The largest absolute Gasteiger partial charge is 0.497 e. The number of piperidine rings is 1. The van der Waals surface area contributed by atoms with Crippen molar-refractivity contribution in [2.24, 2.45) is 5.92 Å². The number of rotatable bonds is 8. The first-order chi connectivity index (χ1) is 15.5. The van der Waals surface area contributed by atoms with E-state index in [0.717, 1.165) is 0 Å². The molecule has 3 rings (SSSR count). The van der Waals surface area contributed by atoms with Crippen molar-refractivity contribution in [2.75, 3.05) is 26.7 Å². The molecule has 3 amide bonds. The molecule has 2 N–H and O–H groups in total. The molecule has 32 heavy (non-hydrogen) atoms. The number of hydrogen-bond donors (Lipinski definition) is 2. The Hall–Kier alpha value is -3.61. The smallest absolute Gasteiger partial charge is 0.253 e. The Bertz CT molecular complexity index is 935. The van der Waals surface area contributed by atoms with Gasteiger partial charge in [0.2, 0.25) is 5.91 Å². The average Bonchev–Trinajstić information content (AvgIpc) is 2.86. The highest BCUT2D eigenvalue weighted by Gasteiger charge is 2.34. The number of carbonyl (C=O) groups excluding carboxylic acids is 3. The van der Waals surface area contributed by atoms with Gasteiger partial charge in [0, 0.05) is 30.8 Å². The molecule has 1 aliphatic heterocycles. The lowest BCUT2D eigenvalue weighted by Gasteiger charge is -2.35. The van der Waals surface area contributed by atoms with Crippen LogP contribution in [0.1, 0.15) is 33.6 Å². The summed E-state index contributed by atoms with van der Waals surface area (Å²) < 4.78 is 5.15. The Morgan fingerprint density at radius 2 is 1.72 bits per heavy atom. The van der Waals surface area contributed by atoms with Crippen LogP contribution in [0, 0.1) is 5.92 Å². The van der Waals surface area contributed by atoms with Gasteiger partial charge in [-0.25, -0.2) is 0 Å². The van der Waals surface area contributed by atoms with E-state index in [1.165, 1.54) is 0 Å². The number of hydrogen-bond acceptors (Lipinski definition) is 4. The first-order valence-electron chi connectivity index (χ1n) is 10.7. The molecule has 0 aliphatic carbocycles. The van der Waals surface area contributed by atoms with Crippen LogP contribution in [0.2, 0.25) is 0 Å². The van der Waals surface area contributed by atoms with E-state index in [2.05, 4.69) is 17.2 Å². The molecule has 7 nitrogen and oxygen atoms in total. The summed E-state index contributed by atoms with van der Waals surface area (Å²) in [7, 11) is 1.58. The van der Waals surface area contributed by atoms with Gasteiger partial charge in [-0.3, -0.25) is 14.4 Å². The second kappa shape index (κ2) is 11.1. The van der Waals surface area contributed by atoms with Gasteiger partial charge in [0.15, 0.2) is 0 Å². The van der Waals surface area contributed by atoms with Gasteiger partial charge >= 0.3 is 0 Å². The Morgan fingerprint density at radius 3 is 2.31 bits per heavy atom. The normalized spacial score (nSPS) is 14.8. The van der Waals surface area contributed by atoms with Crippen LogP contribution in [0.15, 0.2) is 67.3 Å². The summed E-state index contributed by atoms with van der Waals surface area (Å²) in [5.74, 6) is 0.0393. The maximum absolute atomic E-state index is 12.8. The number of ether oxygens (including phenoxy) is 1. The minimum absolute atomic E-state index is 0.0490. The van der Waals surface area contributed by atoms with E-state index in [1.54, 1.807) is 66.6 Å². The van der Waals surface area contributed by atoms with E-state index in [4.69, 9.17) is 4.74 Å². The third-order valence-electron chi connectivity index (χ3n) is 5.66. The maximum atomic E-state index is 12.8. The van der Waals surface area contributed by atoms with E-state index in [9.17, 15) is 14.4 Å². The van der Waals surface area contributed by atoms with Crippen molar-refractivity contribution in [1.82, 2.24) is 15.5 Å². The molecule has 0 radical (unpaired) electrons. The van der Waals surface area contributed by atoms with Gasteiger partial charge in [0.25, 0.3) is 11.8 Å². The number of benzene rings is 2. The molecule has 1 atom stereocenters. The molecule has 0 saturated carbocycles. The molecule has 1 heterocycles. The molecule has 168 valence electrons. The quantitative estimate of drug-likeness (QED) is 0.624. The molecule has 0 unspecified atom stereocenters. The highest BCUT2D eigenvalue weighted by atomic mass is 16.5. The lowest BCUT2D eigenvalue weighted by molar-refractivity contribution is -0.124. The summed E-state index contributed by atoms with van der Waals surface area (Å²) in [6.07, 6.45) is 2.83. The standard InChI is InChI=1S/C25H29N3O4/c1-3-15-26-24(30)22(27-23(29)19-7-5-4-6-8-19)18-13-16-28(17-14-18)25(31)20-9-11-21(32-2)12-10-20/h3-12,18,22H,1,13-17H2,2H3,(H,26,30)(H,27,29)/t22-/m1/s1. The monoisotopic (exact) mass is 435 g/mol. The van der Waals surface area contributed by atoms with Crippen LogP contribution >= 0.6 is 0 Å². The Balaban J connectivity index is 1.65. The zero-order valence-electron chi connectivity index (χ0n) is 18.3. The number of methoxy groups -OCH3 is 1. The van der Waals surface area contributed by atoms with Gasteiger partial charge < -0.3 is 20.3 Å². The van der Waals surface area contributed by atoms with E-state index < -0.39 is 6.04 Å². The number of carbonyl (C=O) groups is 3. The molecule has 2 aromatic rings. The molecule has 0 bridgehead atoms. The molecule has 2 aromatic carbocycles. The molecule has 7 heteroatoms. The van der Waals surface area contributed by atoms with Crippen molar-refractivity contribution in [1.29, 1.82) is 0 Å². The maximum Gasteiger partial charge on any atom is 0.253 e. The molecule has 1 fully saturated rings. The van der Waals surface area contributed by atoms with Crippen LogP contribution < -0.4 is 15.4 Å². The van der Waals surface area contributed by atoms with Crippen molar-refractivity contribution in [3.63, 3.8) is 0 Å². The number of nitrogens with one attached hydrogen (secondary N) is 2. The van der Waals surface area contributed by atoms with Crippen LogP contribution in [0.3, 0.4) is 0 Å². The average molecular weight is 436 g/mol. The van der Waals surface area contributed by atoms with Gasteiger partial charge in [0.1, 0.15) is 11.8 Å². The molecule has 0 spiro atoms. The Morgan fingerprint density at radius 1 is 1.06 bits per heavy atom. The third-order valence-corrected chi connectivity index (χ3v) is 5.66. The summed E-state index contributed by atoms with van der Waals surface area (Å²) in [6, 6.07) is 15.2. The van der Waals surface area contributed by atoms with Crippen LogP contribution in [-0.4, -0.2) is 55.4 Å². The van der Waals surface area contributed by atoms with Crippen molar-refractivity contribution in [3.05, 3.63) is 78.4 Å². The van der Waals surface area contributed by atoms with Crippen molar-refractivity contribution < 1.29 is 19.1 Å². The van der Waals surface area contributed by atoms with E-state index >= 15 is 0 Å². The minimum Gasteiger partial charge on any atom is -0.497 e. The van der Waals surface area contributed by atoms with Gasteiger partial charge in [-0.2, -0.15) is 0 Å². The van der Waals surface area contributed by atoms with Crippen LogP contribution in [0.5, 0.6) is 5.75 Å². The SMILES string of the molecule is C=CCNC(=O)[C@H](NC(=O)c1ccccc1)C1CCN(C(=O)c2ccc(OC)cc2)CC1. The third kappa shape index (κ3) is 5.75. The topological polar surface area (TPSA) is 87.7 Å². The highest BCUT2D eigenvalue weighted by Crippen LogP contribution is 2.23. The second-order valence-corrected chi connectivity index (χ2v) is 7.71. The number of amides is 3. The predicted octanol–water partition coefficient (Wildman–Crippen LogP) is 2.65. The fourth-order valence-corrected chi connectivity index (χ4v) is 3.85. The van der Waals surface area contributed by atoms with E-state index in [-0.39, 0.29) is 23.6 Å². The predicted molar refractivity (Wildman–Crippen MR) is 123 cm³/mol. The summed E-state index contributed by atoms with van der Waals surface area (Å²) >= 11 is 0. The number of nitrogens with zero attached hydrogens (tertiary/aromatic N) is 1. The minimum atomic E-state index is -0.680. The van der Waals surface area contributed by atoms with Gasteiger partial charge in [-0.15, -0.1) is 6.58 Å². The summed E-state index contributed by atoms with van der Waals surface area (Å²) in [5.41, 5.74) is 1.10. The number of likely N-dealkylation sites (tertiary alicyclic amines) is 1. The Labute approximate surface area is 188 Å². The van der Waals surface area contributed by atoms with Crippen molar-refractivity contribution >= 4 is 17.7 Å². The van der Waals surface area contributed by atoms with E-state index in [1.807, 2.05) is 6.07 Å². The summed E-state index contributed by atoms with van der Waals surface area (Å²) in [4.78, 5) is 40.1. The van der Waals surface area contributed by atoms with Gasteiger partial charge in [-0.1, -0.05) is 24.3 Å². The lowest BCUT2D eigenvalue weighted by atomic mass is 9.88. The highest BCUT2D eigenvalue weighted by molar-refractivity contribution is 5.97.